The minimum Gasteiger partial charge on any atom is -0.381 e. The Morgan fingerprint density at radius 3 is 2.81 bits per heavy atom. The molecule has 2 aromatic carbocycles. The van der Waals surface area contributed by atoms with Crippen LogP contribution in [0.2, 0.25) is 0 Å². The average Bonchev–Trinajstić information content (AvgIpc) is 2.86. The molecule has 3 heteroatoms. The van der Waals surface area contributed by atoms with Crippen LogP contribution in [0.4, 0.5) is 17.1 Å². The summed E-state index contributed by atoms with van der Waals surface area (Å²) >= 11 is 0. The Morgan fingerprint density at radius 1 is 1.14 bits per heavy atom. The van der Waals surface area contributed by atoms with Crippen molar-refractivity contribution in [2.24, 2.45) is 0 Å². The zero-order valence-electron chi connectivity index (χ0n) is 13.1. The summed E-state index contributed by atoms with van der Waals surface area (Å²) in [7, 11) is 6.29. The maximum Gasteiger partial charge on any atom is 0.0400 e. The Balaban J connectivity index is 1.69. The smallest absolute Gasteiger partial charge is 0.0400 e. The van der Waals surface area contributed by atoms with Gasteiger partial charge >= 0.3 is 0 Å². The fraction of sp³-hybridized carbons (Fsp3) is 0.333. The Hall–Kier alpha value is -2.16. The van der Waals surface area contributed by atoms with Crippen molar-refractivity contribution in [3.8, 4) is 0 Å². The molecule has 110 valence electrons. The lowest BCUT2D eigenvalue weighted by atomic mass is 10.1. The Kier molecular flexibility index (Phi) is 3.74. The van der Waals surface area contributed by atoms with Crippen LogP contribution in [-0.4, -0.2) is 27.7 Å². The van der Waals surface area contributed by atoms with Crippen LogP contribution < -0.4 is 15.1 Å². The van der Waals surface area contributed by atoms with Gasteiger partial charge in [0.2, 0.25) is 0 Å². The highest BCUT2D eigenvalue weighted by atomic mass is 15.1. The minimum atomic E-state index is 0.869. The van der Waals surface area contributed by atoms with Crippen LogP contribution in [0.3, 0.4) is 0 Å². The first-order valence-electron chi connectivity index (χ1n) is 7.48. The Morgan fingerprint density at radius 2 is 2.00 bits per heavy atom. The largest absolute Gasteiger partial charge is 0.381 e. The van der Waals surface area contributed by atoms with Gasteiger partial charge in [0.1, 0.15) is 0 Å². The van der Waals surface area contributed by atoms with Crippen LogP contribution in [0.25, 0.3) is 0 Å². The van der Waals surface area contributed by atoms with Gasteiger partial charge in [-0.3, -0.25) is 0 Å². The van der Waals surface area contributed by atoms with Crippen molar-refractivity contribution in [1.82, 2.24) is 0 Å². The van der Waals surface area contributed by atoms with E-state index < -0.39 is 0 Å². The topological polar surface area (TPSA) is 18.5 Å². The predicted octanol–water partition coefficient (Wildman–Crippen LogP) is 3.36. The molecule has 0 bridgehead atoms. The first kappa shape index (κ1) is 13.8. The second-order valence-corrected chi connectivity index (χ2v) is 5.93. The van der Waals surface area contributed by atoms with Crippen molar-refractivity contribution in [2.45, 2.75) is 13.0 Å². The summed E-state index contributed by atoms with van der Waals surface area (Å²) in [6.07, 6.45) is 1.16. The summed E-state index contributed by atoms with van der Waals surface area (Å²) in [6, 6.07) is 15.3. The molecule has 0 atom stereocenters. The Bertz CT molecular complexity index is 634. The molecular weight excluding hydrogens is 258 g/mol. The van der Waals surface area contributed by atoms with Gasteiger partial charge in [-0.25, -0.2) is 0 Å². The summed E-state index contributed by atoms with van der Waals surface area (Å²) < 4.78 is 0. The van der Waals surface area contributed by atoms with Gasteiger partial charge in [-0.05, 0) is 41.8 Å². The number of hydrogen-bond acceptors (Lipinski definition) is 3. The molecule has 1 aliphatic rings. The molecule has 0 fully saturated rings. The molecule has 0 aromatic heterocycles. The number of fused-ring (bicyclic) bond motifs is 1. The normalized spacial score (nSPS) is 13.2. The van der Waals surface area contributed by atoms with E-state index >= 15 is 0 Å². The van der Waals surface area contributed by atoms with Crippen LogP contribution in [0.1, 0.15) is 11.1 Å². The van der Waals surface area contributed by atoms with Gasteiger partial charge in [-0.15, -0.1) is 0 Å². The maximum atomic E-state index is 3.52. The summed E-state index contributed by atoms with van der Waals surface area (Å²) in [5, 5.41) is 3.52. The van der Waals surface area contributed by atoms with Gasteiger partial charge < -0.3 is 15.1 Å². The van der Waals surface area contributed by atoms with Crippen LogP contribution >= 0.6 is 0 Å². The van der Waals surface area contributed by atoms with Gasteiger partial charge in [-0.1, -0.05) is 18.2 Å². The van der Waals surface area contributed by atoms with E-state index in [4.69, 9.17) is 0 Å². The molecule has 0 spiro atoms. The average molecular weight is 281 g/mol. The van der Waals surface area contributed by atoms with Crippen molar-refractivity contribution in [3.63, 3.8) is 0 Å². The summed E-state index contributed by atoms with van der Waals surface area (Å²) in [6.45, 7) is 2.00. The van der Waals surface area contributed by atoms with Crippen LogP contribution in [-0.2, 0) is 13.0 Å². The molecule has 0 amide bonds. The molecule has 1 heterocycles. The number of hydrogen-bond donors (Lipinski definition) is 1. The lowest BCUT2D eigenvalue weighted by molar-refractivity contribution is 0.955. The summed E-state index contributed by atoms with van der Waals surface area (Å²) in [5.74, 6) is 0. The number of rotatable bonds is 4. The zero-order chi connectivity index (χ0) is 14.8. The third kappa shape index (κ3) is 2.97. The van der Waals surface area contributed by atoms with E-state index in [-0.39, 0.29) is 0 Å². The number of nitrogens with one attached hydrogen (secondary N) is 1. The molecule has 0 aliphatic carbocycles. The van der Waals surface area contributed by atoms with Crippen molar-refractivity contribution in [1.29, 1.82) is 0 Å². The third-order valence-electron chi connectivity index (χ3n) is 4.13. The molecule has 0 unspecified atom stereocenters. The molecule has 0 saturated heterocycles. The van der Waals surface area contributed by atoms with Gasteiger partial charge in [0.15, 0.2) is 0 Å². The third-order valence-corrected chi connectivity index (χ3v) is 4.13. The van der Waals surface area contributed by atoms with Crippen LogP contribution in [0.5, 0.6) is 0 Å². The van der Waals surface area contributed by atoms with E-state index in [2.05, 4.69) is 78.7 Å². The molecular formula is C18H23N3. The Labute approximate surface area is 127 Å². The molecule has 21 heavy (non-hydrogen) atoms. The standard InChI is InChI=1S/C18H23N3/c1-20(2)17-6-4-5-16(12-17)19-13-14-7-8-18-15(11-14)9-10-21(18)3/h4-8,11-12,19H,9-10,13H2,1-3H3. The monoisotopic (exact) mass is 281 g/mol. The molecule has 2 aromatic rings. The van der Waals surface area contributed by atoms with E-state index in [1.807, 2.05) is 0 Å². The predicted molar refractivity (Wildman–Crippen MR) is 91.5 cm³/mol. The molecule has 0 saturated carbocycles. The highest BCUT2D eigenvalue weighted by Gasteiger charge is 2.15. The lowest BCUT2D eigenvalue weighted by Crippen LogP contribution is -2.12. The molecule has 0 radical (unpaired) electrons. The number of likely N-dealkylation sites (N-methyl/N-ethyl adjacent to an activating group) is 1. The van der Waals surface area contributed by atoms with Crippen molar-refractivity contribution in [3.05, 3.63) is 53.6 Å². The highest BCUT2D eigenvalue weighted by molar-refractivity contribution is 5.60. The number of anilines is 3. The van der Waals surface area contributed by atoms with Crippen molar-refractivity contribution < 1.29 is 0 Å². The first-order valence-corrected chi connectivity index (χ1v) is 7.48. The van der Waals surface area contributed by atoms with E-state index in [9.17, 15) is 0 Å². The molecule has 1 aliphatic heterocycles. The lowest BCUT2D eigenvalue weighted by Gasteiger charge is -2.15. The van der Waals surface area contributed by atoms with Crippen molar-refractivity contribution >= 4 is 17.1 Å². The second kappa shape index (κ2) is 5.68. The van der Waals surface area contributed by atoms with Gasteiger partial charge in [0.05, 0.1) is 0 Å². The molecule has 3 nitrogen and oxygen atoms in total. The number of nitrogens with zero attached hydrogens (tertiary/aromatic N) is 2. The molecule has 1 N–H and O–H groups in total. The van der Waals surface area contributed by atoms with Crippen LogP contribution in [0, 0.1) is 0 Å². The highest BCUT2D eigenvalue weighted by Crippen LogP contribution is 2.27. The molecule has 3 rings (SSSR count). The van der Waals surface area contributed by atoms with E-state index in [1.165, 1.54) is 28.2 Å². The van der Waals surface area contributed by atoms with E-state index in [0.717, 1.165) is 19.5 Å². The van der Waals surface area contributed by atoms with E-state index in [0.29, 0.717) is 0 Å². The second-order valence-electron chi connectivity index (χ2n) is 5.93. The van der Waals surface area contributed by atoms with Gasteiger partial charge in [-0.2, -0.15) is 0 Å². The summed E-state index contributed by atoms with van der Waals surface area (Å²) in [5.41, 5.74) is 6.58. The fourth-order valence-electron chi connectivity index (χ4n) is 2.83. The quantitative estimate of drug-likeness (QED) is 0.927. The van der Waals surface area contributed by atoms with Crippen molar-refractivity contribution in [2.75, 3.05) is 42.8 Å². The fourth-order valence-corrected chi connectivity index (χ4v) is 2.83. The van der Waals surface area contributed by atoms with Gasteiger partial charge in [0, 0.05) is 51.3 Å². The first-order chi connectivity index (χ1) is 10.1. The SMILES string of the molecule is CN(C)c1cccc(NCc2ccc3c(c2)CCN3C)c1. The number of benzene rings is 2. The summed E-state index contributed by atoms with van der Waals surface area (Å²) in [4.78, 5) is 4.45. The zero-order valence-corrected chi connectivity index (χ0v) is 13.1. The van der Waals surface area contributed by atoms with Gasteiger partial charge in [0.25, 0.3) is 0 Å². The van der Waals surface area contributed by atoms with Crippen LogP contribution in [0.15, 0.2) is 42.5 Å². The van der Waals surface area contributed by atoms with E-state index in [1.54, 1.807) is 0 Å². The minimum absolute atomic E-state index is 0.869. The maximum absolute atomic E-state index is 3.52.